The number of hydrogen-bond acceptors (Lipinski definition) is 5. The Bertz CT molecular complexity index is 590. The summed E-state index contributed by atoms with van der Waals surface area (Å²) in [7, 11) is 1.90. The molecule has 1 aromatic heterocycles. The van der Waals surface area contributed by atoms with Gasteiger partial charge in [0.05, 0.1) is 12.2 Å². The first-order valence-electron chi connectivity index (χ1n) is 7.06. The molecular weight excluding hydrogens is 325 g/mol. The fourth-order valence-electron chi connectivity index (χ4n) is 1.83. The molecule has 1 N–H and O–H groups in total. The number of halogens is 2. The Morgan fingerprint density at radius 2 is 2.18 bits per heavy atom. The molecule has 0 saturated carbocycles. The predicted octanol–water partition coefficient (Wildman–Crippen LogP) is 3.75. The van der Waals surface area contributed by atoms with E-state index in [2.05, 4.69) is 29.3 Å². The number of rotatable bonds is 7. The minimum Gasteiger partial charge on any atom is -0.493 e. The number of ether oxygens (including phenoxy) is 1. The van der Waals surface area contributed by atoms with E-state index in [9.17, 15) is 0 Å². The summed E-state index contributed by atoms with van der Waals surface area (Å²) in [6.45, 7) is 4.75. The SMILES string of the molecule is CCCOc1ccc(Cl)cc1-c1nc(CC(C)NC)no1.Cl. The van der Waals surface area contributed by atoms with Gasteiger partial charge in [0.25, 0.3) is 5.89 Å². The van der Waals surface area contributed by atoms with Crippen molar-refractivity contribution >= 4 is 24.0 Å². The summed E-state index contributed by atoms with van der Waals surface area (Å²) in [5, 5.41) is 7.76. The van der Waals surface area contributed by atoms with Gasteiger partial charge >= 0.3 is 0 Å². The van der Waals surface area contributed by atoms with Gasteiger partial charge in [-0.2, -0.15) is 4.98 Å². The van der Waals surface area contributed by atoms with Gasteiger partial charge in [0.1, 0.15) is 5.75 Å². The standard InChI is InChI=1S/C15H20ClN3O2.ClH/c1-4-7-20-13-6-5-11(16)9-12(13)15-18-14(19-21-15)8-10(2)17-3;/h5-6,9-10,17H,4,7-8H2,1-3H3;1H. The van der Waals surface area contributed by atoms with Crippen molar-refractivity contribution in [3.05, 3.63) is 29.0 Å². The third kappa shape index (κ3) is 4.87. The lowest BCUT2D eigenvalue weighted by molar-refractivity contribution is 0.317. The smallest absolute Gasteiger partial charge is 0.261 e. The summed E-state index contributed by atoms with van der Waals surface area (Å²) in [6.07, 6.45) is 1.63. The number of benzene rings is 1. The normalized spacial score (nSPS) is 11.8. The molecule has 0 amide bonds. The molecule has 0 radical (unpaired) electrons. The van der Waals surface area contributed by atoms with Crippen molar-refractivity contribution in [3.63, 3.8) is 0 Å². The van der Waals surface area contributed by atoms with Crippen molar-refractivity contribution in [3.8, 4) is 17.2 Å². The first-order valence-corrected chi connectivity index (χ1v) is 7.44. The summed E-state index contributed by atoms with van der Waals surface area (Å²) in [4.78, 5) is 4.42. The van der Waals surface area contributed by atoms with Crippen molar-refractivity contribution in [1.29, 1.82) is 0 Å². The monoisotopic (exact) mass is 345 g/mol. The van der Waals surface area contributed by atoms with E-state index < -0.39 is 0 Å². The van der Waals surface area contributed by atoms with Gasteiger partial charge in [-0.25, -0.2) is 0 Å². The fourth-order valence-corrected chi connectivity index (χ4v) is 2.00. The number of likely N-dealkylation sites (N-methyl/N-ethyl adjacent to an activating group) is 1. The molecule has 0 aliphatic heterocycles. The number of hydrogen-bond donors (Lipinski definition) is 1. The lowest BCUT2D eigenvalue weighted by atomic mass is 10.2. The van der Waals surface area contributed by atoms with Crippen LogP contribution in [0.25, 0.3) is 11.5 Å². The highest BCUT2D eigenvalue weighted by molar-refractivity contribution is 6.30. The quantitative estimate of drug-likeness (QED) is 0.827. The zero-order valence-electron chi connectivity index (χ0n) is 12.9. The van der Waals surface area contributed by atoms with E-state index in [1.807, 2.05) is 13.1 Å². The van der Waals surface area contributed by atoms with Crippen LogP contribution in [-0.2, 0) is 6.42 Å². The van der Waals surface area contributed by atoms with E-state index >= 15 is 0 Å². The van der Waals surface area contributed by atoms with Crippen LogP contribution in [0.2, 0.25) is 5.02 Å². The van der Waals surface area contributed by atoms with Crippen LogP contribution in [0.5, 0.6) is 5.75 Å². The van der Waals surface area contributed by atoms with Crippen molar-refractivity contribution < 1.29 is 9.26 Å². The van der Waals surface area contributed by atoms with E-state index in [-0.39, 0.29) is 18.4 Å². The maximum atomic E-state index is 6.06. The zero-order chi connectivity index (χ0) is 15.2. The van der Waals surface area contributed by atoms with Crippen LogP contribution in [0.15, 0.2) is 22.7 Å². The number of aromatic nitrogens is 2. The molecule has 0 aliphatic carbocycles. The molecule has 2 rings (SSSR count). The largest absolute Gasteiger partial charge is 0.493 e. The molecule has 2 aromatic rings. The summed E-state index contributed by atoms with van der Waals surface area (Å²) >= 11 is 6.06. The van der Waals surface area contributed by atoms with E-state index in [1.54, 1.807) is 12.1 Å². The highest BCUT2D eigenvalue weighted by atomic mass is 35.5. The number of nitrogens with zero attached hydrogens (tertiary/aromatic N) is 2. The summed E-state index contributed by atoms with van der Waals surface area (Å²) in [6, 6.07) is 5.68. The van der Waals surface area contributed by atoms with Crippen LogP contribution in [-0.4, -0.2) is 29.8 Å². The van der Waals surface area contributed by atoms with Crippen LogP contribution in [0.4, 0.5) is 0 Å². The number of nitrogens with one attached hydrogen (secondary N) is 1. The molecule has 122 valence electrons. The van der Waals surface area contributed by atoms with Gasteiger partial charge in [-0.1, -0.05) is 23.7 Å². The second-order valence-corrected chi connectivity index (χ2v) is 5.33. The average molecular weight is 346 g/mol. The van der Waals surface area contributed by atoms with Crippen molar-refractivity contribution in [2.75, 3.05) is 13.7 Å². The van der Waals surface area contributed by atoms with Crippen molar-refractivity contribution in [2.45, 2.75) is 32.7 Å². The van der Waals surface area contributed by atoms with E-state index in [4.69, 9.17) is 20.9 Å². The molecular formula is C15H21Cl2N3O2. The minimum atomic E-state index is 0. The van der Waals surface area contributed by atoms with E-state index in [0.29, 0.717) is 35.5 Å². The highest BCUT2D eigenvalue weighted by Crippen LogP contribution is 2.31. The second-order valence-electron chi connectivity index (χ2n) is 4.90. The Morgan fingerprint density at radius 1 is 1.41 bits per heavy atom. The fraction of sp³-hybridized carbons (Fsp3) is 0.467. The van der Waals surface area contributed by atoms with Gasteiger partial charge in [-0.15, -0.1) is 12.4 Å². The topological polar surface area (TPSA) is 60.2 Å². The molecule has 1 atom stereocenters. The minimum absolute atomic E-state index is 0. The Hall–Kier alpha value is -1.30. The average Bonchev–Trinajstić information content (AvgIpc) is 2.94. The Labute approximate surface area is 141 Å². The molecule has 0 fully saturated rings. The van der Waals surface area contributed by atoms with Gasteiger partial charge in [-0.3, -0.25) is 0 Å². The maximum Gasteiger partial charge on any atom is 0.261 e. The molecule has 0 saturated heterocycles. The molecule has 1 heterocycles. The van der Waals surface area contributed by atoms with Gasteiger partial charge in [-0.05, 0) is 38.6 Å². The molecule has 1 unspecified atom stereocenters. The summed E-state index contributed by atoms with van der Waals surface area (Å²) < 4.78 is 11.1. The molecule has 7 heteroatoms. The van der Waals surface area contributed by atoms with Crippen molar-refractivity contribution in [1.82, 2.24) is 15.5 Å². The summed E-state index contributed by atoms with van der Waals surface area (Å²) in [5.74, 6) is 1.80. The van der Waals surface area contributed by atoms with Crippen LogP contribution < -0.4 is 10.1 Å². The zero-order valence-corrected chi connectivity index (χ0v) is 14.5. The summed E-state index contributed by atoms with van der Waals surface area (Å²) in [5.41, 5.74) is 0.729. The van der Waals surface area contributed by atoms with Gasteiger partial charge in [0, 0.05) is 17.5 Å². The molecule has 22 heavy (non-hydrogen) atoms. The molecule has 0 bridgehead atoms. The van der Waals surface area contributed by atoms with Gasteiger partial charge in [0.15, 0.2) is 5.82 Å². The van der Waals surface area contributed by atoms with Crippen LogP contribution >= 0.6 is 24.0 Å². The Morgan fingerprint density at radius 3 is 2.86 bits per heavy atom. The molecule has 0 aliphatic rings. The first kappa shape index (κ1) is 18.7. The van der Waals surface area contributed by atoms with Gasteiger partial charge < -0.3 is 14.6 Å². The first-order chi connectivity index (χ1) is 10.1. The second kappa shape index (κ2) is 8.98. The molecule has 0 spiro atoms. The van der Waals surface area contributed by atoms with Crippen LogP contribution in [0.3, 0.4) is 0 Å². The van der Waals surface area contributed by atoms with Gasteiger partial charge in [0.2, 0.25) is 0 Å². The highest BCUT2D eigenvalue weighted by Gasteiger charge is 2.16. The van der Waals surface area contributed by atoms with E-state index in [1.165, 1.54) is 0 Å². The Balaban J connectivity index is 0.00000242. The molecule has 5 nitrogen and oxygen atoms in total. The Kier molecular flexibility index (Phi) is 7.65. The lowest BCUT2D eigenvalue weighted by Gasteiger charge is -2.08. The van der Waals surface area contributed by atoms with Crippen LogP contribution in [0.1, 0.15) is 26.1 Å². The predicted molar refractivity (Wildman–Crippen MR) is 90.0 cm³/mol. The lowest BCUT2D eigenvalue weighted by Crippen LogP contribution is -2.24. The third-order valence-electron chi connectivity index (χ3n) is 3.08. The van der Waals surface area contributed by atoms with Crippen LogP contribution in [0, 0.1) is 0 Å². The van der Waals surface area contributed by atoms with Crippen molar-refractivity contribution in [2.24, 2.45) is 0 Å². The molecule has 1 aromatic carbocycles. The van der Waals surface area contributed by atoms with E-state index in [0.717, 1.165) is 12.0 Å². The maximum absolute atomic E-state index is 6.06. The third-order valence-corrected chi connectivity index (χ3v) is 3.32.